The highest BCUT2D eigenvalue weighted by Gasteiger charge is 2.45. The summed E-state index contributed by atoms with van der Waals surface area (Å²) in [6, 6.07) is 0.373. The van der Waals surface area contributed by atoms with E-state index in [0.717, 1.165) is 58.4 Å². The third-order valence-corrected chi connectivity index (χ3v) is 7.93. The zero-order valence-electron chi connectivity index (χ0n) is 26.3. The Kier molecular flexibility index (Phi) is 12.2. The second-order valence-corrected chi connectivity index (χ2v) is 12.8. The molecule has 2 heterocycles. The Bertz CT molecular complexity index is 957. The molecule has 2 aliphatic heterocycles. The zero-order valence-corrected chi connectivity index (χ0v) is 26.3. The molecule has 0 amide bonds. The summed E-state index contributed by atoms with van der Waals surface area (Å²) >= 11 is 0. The number of rotatable bonds is 13. The molecule has 3 aliphatic rings. The highest BCUT2D eigenvalue weighted by molar-refractivity contribution is 5.33. The van der Waals surface area contributed by atoms with Crippen molar-refractivity contribution >= 4 is 0 Å². The van der Waals surface area contributed by atoms with E-state index >= 15 is 0 Å². The first-order valence-electron chi connectivity index (χ1n) is 14.9. The van der Waals surface area contributed by atoms with Crippen molar-refractivity contribution in [2.75, 3.05) is 60.9 Å². The molecule has 0 fully saturated rings. The van der Waals surface area contributed by atoms with E-state index in [-0.39, 0.29) is 12.2 Å². The molecule has 0 bridgehead atoms. The smallest absolute Gasteiger partial charge is 0.209 e. The number of allylic oxidation sites excluding steroid dienone is 3. The van der Waals surface area contributed by atoms with Gasteiger partial charge in [0.25, 0.3) is 0 Å². The summed E-state index contributed by atoms with van der Waals surface area (Å²) in [5.74, 6) is -0.479. The summed E-state index contributed by atoms with van der Waals surface area (Å²) < 4.78 is 13.7. The molecule has 0 aromatic carbocycles. The van der Waals surface area contributed by atoms with E-state index in [4.69, 9.17) is 9.47 Å². The third-order valence-electron chi connectivity index (χ3n) is 7.93. The van der Waals surface area contributed by atoms with Crippen LogP contribution in [-0.2, 0) is 9.47 Å². The lowest BCUT2D eigenvalue weighted by Gasteiger charge is -2.47. The van der Waals surface area contributed by atoms with Gasteiger partial charge in [-0.1, -0.05) is 40.5 Å². The molecule has 0 aromatic heterocycles. The Morgan fingerprint density at radius 1 is 1.03 bits per heavy atom. The molecule has 6 heteroatoms. The topological polar surface area (TPSA) is 49.0 Å². The van der Waals surface area contributed by atoms with Crippen LogP contribution >= 0.6 is 0 Å². The van der Waals surface area contributed by atoms with Crippen LogP contribution in [0.3, 0.4) is 0 Å². The quantitative estimate of drug-likeness (QED) is 0.251. The van der Waals surface area contributed by atoms with E-state index in [1.807, 2.05) is 0 Å². The van der Waals surface area contributed by atoms with Crippen LogP contribution in [0.4, 0.5) is 0 Å². The highest BCUT2D eigenvalue weighted by atomic mass is 16.7. The van der Waals surface area contributed by atoms with E-state index in [0.29, 0.717) is 12.0 Å². The molecule has 2 N–H and O–H groups in total. The van der Waals surface area contributed by atoms with Gasteiger partial charge >= 0.3 is 0 Å². The number of hydrogen-bond donors (Lipinski definition) is 2. The molecule has 1 spiro atoms. The van der Waals surface area contributed by atoms with Crippen molar-refractivity contribution in [1.29, 1.82) is 0 Å². The first-order chi connectivity index (χ1) is 18.5. The maximum Gasteiger partial charge on any atom is 0.209 e. The fourth-order valence-corrected chi connectivity index (χ4v) is 5.83. The van der Waals surface area contributed by atoms with Crippen molar-refractivity contribution in [1.82, 2.24) is 20.4 Å². The average Bonchev–Trinajstić information content (AvgIpc) is 2.81. The molecular formula is C33H56N4O2. The standard InChI is InChI=1S/C33H56N4O2/c1-24(2)11-10-12-25(3)17-29-18-26(4)21-33(38-29)22-28(23-34-13-15-36(6)7)30-20-31(35-14-16-37(8)9)27(5)19-32(30)39-33/h11,17,19,21-22,29-32,34-35H,10,12-16,18,20,23H2,1-9H3/t29-,30-,31+,32-,33+/m1/s1. The SMILES string of the molecule is CC(C)=CCCC(C)=C[C@@H]1CC(C)=C[C@]2(C=C(CNCCN(C)C)[C@H]3C[C@H](NCCN(C)C)C(C)=C[C@H]3O2)O1. The molecular weight excluding hydrogens is 484 g/mol. The minimum atomic E-state index is -0.814. The Labute approximate surface area is 239 Å². The molecule has 1 aliphatic carbocycles. The molecule has 0 saturated carbocycles. The summed E-state index contributed by atoms with van der Waals surface area (Å²) in [6.45, 7) is 15.9. The van der Waals surface area contributed by atoms with Gasteiger partial charge in [-0.3, -0.25) is 0 Å². The van der Waals surface area contributed by atoms with Gasteiger partial charge in [0, 0.05) is 44.7 Å². The van der Waals surface area contributed by atoms with Gasteiger partial charge in [0.1, 0.15) is 0 Å². The fourth-order valence-electron chi connectivity index (χ4n) is 5.83. The van der Waals surface area contributed by atoms with Crippen LogP contribution in [-0.4, -0.2) is 94.8 Å². The Morgan fingerprint density at radius 2 is 1.74 bits per heavy atom. The lowest BCUT2D eigenvalue weighted by atomic mass is 9.77. The first-order valence-corrected chi connectivity index (χ1v) is 14.9. The number of nitrogens with one attached hydrogen (secondary N) is 2. The normalized spacial score (nSPS) is 29.3. The van der Waals surface area contributed by atoms with Crippen LogP contribution in [0.2, 0.25) is 0 Å². The number of fused-ring (bicyclic) bond motifs is 1. The summed E-state index contributed by atoms with van der Waals surface area (Å²) in [5.41, 5.74) is 6.86. The molecule has 0 saturated heterocycles. The van der Waals surface area contributed by atoms with Gasteiger partial charge in [-0.15, -0.1) is 0 Å². The number of ether oxygens (including phenoxy) is 2. The minimum absolute atomic E-state index is 0.0121. The largest absolute Gasteiger partial charge is 0.335 e. The molecule has 3 rings (SSSR count). The van der Waals surface area contributed by atoms with Crippen LogP contribution in [0, 0.1) is 5.92 Å². The second kappa shape index (κ2) is 14.9. The van der Waals surface area contributed by atoms with Crippen molar-refractivity contribution < 1.29 is 9.47 Å². The molecule has 0 aromatic rings. The highest BCUT2D eigenvalue weighted by Crippen LogP contribution is 2.43. The van der Waals surface area contributed by atoms with Crippen LogP contribution in [0.25, 0.3) is 0 Å². The monoisotopic (exact) mass is 540 g/mol. The van der Waals surface area contributed by atoms with E-state index in [1.165, 1.54) is 27.9 Å². The van der Waals surface area contributed by atoms with Gasteiger partial charge in [-0.05, 0) is 106 Å². The van der Waals surface area contributed by atoms with Gasteiger partial charge in [0.15, 0.2) is 0 Å². The molecule has 0 unspecified atom stereocenters. The molecule has 39 heavy (non-hydrogen) atoms. The van der Waals surface area contributed by atoms with Crippen LogP contribution < -0.4 is 10.6 Å². The number of likely N-dealkylation sites (N-methyl/N-ethyl adjacent to an activating group) is 2. The van der Waals surface area contributed by atoms with Crippen molar-refractivity contribution in [3.8, 4) is 0 Å². The summed E-state index contributed by atoms with van der Waals surface area (Å²) in [6.07, 6.45) is 15.6. The Hall–Kier alpha value is -1.54. The van der Waals surface area contributed by atoms with E-state index in [1.54, 1.807) is 0 Å². The third kappa shape index (κ3) is 10.1. The van der Waals surface area contributed by atoms with Gasteiger partial charge < -0.3 is 29.9 Å². The lowest BCUT2D eigenvalue weighted by molar-refractivity contribution is -0.224. The van der Waals surface area contributed by atoms with E-state index in [9.17, 15) is 0 Å². The number of nitrogens with zero attached hydrogens (tertiary/aromatic N) is 2. The maximum atomic E-state index is 6.89. The van der Waals surface area contributed by atoms with E-state index < -0.39 is 5.79 Å². The van der Waals surface area contributed by atoms with Gasteiger partial charge in [0.05, 0.1) is 12.2 Å². The molecule has 6 nitrogen and oxygen atoms in total. The van der Waals surface area contributed by atoms with Crippen LogP contribution in [0.15, 0.2) is 58.2 Å². The lowest BCUT2D eigenvalue weighted by Crippen LogP contribution is -2.51. The summed E-state index contributed by atoms with van der Waals surface area (Å²) in [7, 11) is 8.50. The maximum absolute atomic E-state index is 6.89. The fraction of sp³-hybridized carbons (Fsp3) is 0.697. The van der Waals surface area contributed by atoms with Crippen molar-refractivity contribution in [3.05, 3.63) is 58.2 Å². The van der Waals surface area contributed by atoms with Gasteiger partial charge in [-0.25, -0.2) is 0 Å². The van der Waals surface area contributed by atoms with E-state index in [2.05, 4.69) is 114 Å². The molecule has 220 valence electrons. The average molecular weight is 541 g/mol. The summed E-state index contributed by atoms with van der Waals surface area (Å²) in [4.78, 5) is 4.45. The van der Waals surface area contributed by atoms with Crippen LogP contribution in [0.5, 0.6) is 0 Å². The number of hydrogen-bond acceptors (Lipinski definition) is 6. The minimum Gasteiger partial charge on any atom is -0.335 e. The van der Waals surface area contributed by atoms with Crippen LogP contribution in [0.1, 0.15) is 60.3 Å². The second-order valence-electron chi connectivity index (χ2n) is 12.8. The van der Waals surface area contributed by atoms with Gasteiger partial charge in [0.2, 0.25) is 5.79 Å². The van der Waals surface area contributed by atoms with Crippen molar-refractivity contribution in [3.63, 3.8) is 0 Å². The Morgan fingerprint density at radius 3 is 2.44 bits per heavy atom. The zero-order chi connectivity index (χ0) is 28.6. The van der Waals surface area contributed by atoms with Crippen molar-refractivity contribution in [2.24, 2.45) is 5.92 Å². The molecule has 0 radical (unpaired) electrons. The predicted octanol–water partition coefficient (Wildman–Crippen LogP) is 5.07. The first kappa shape index (κ1) is 32.0. The summed E-state index contributed by atoms with van der Waals surface area (Å²) in [5, 5.41) is 7.50. The molecule has 5 atom stereocenters. The van der Waals surface area contributed by atoms with Gasteiger partial charge in [-0.2, -0.15) is 0 Å². The predicted molar refractivity (Wildman–Crippen MR) is 165 cm³/mol. The van der Waals surface area contributed by atoms with Crippen molar-refractivity contribution in [2.45, 2.75) is 84.3 Å². The Balaban J connectivity index is 1.82.